The van der Waals surface area contributed by atoms with Gasteiger partial charge in [-0.05, 0) is 49.9 Å². The molecule has 0 bridgehead atoms. The second-order valence-corrected chi connectivity index (χ2v) is 6.80. The molecule has 2 rings (SSSR count). The fourth-order valence-corrected chi connectivity index (χ4v) is 3.85. The number of thioether (sulfide) groups is 1. The van der Waals surface area contributed by atoms with Crippen molar-refractivity contribution in [3.05, 3.63) is 23.3 Å². The number of hydrogen-bond donors (Lipinski definition) is 1. The molecule has 0 amide bonds. The van der Waals surface area contributed by atoms with Gasteiger partial charge >= 0.3 is 0 Å². The lowest BCUT2D eigenvalue weighted by molar-refractivity contribution is -0.108. The van der Waals surface area contributed by atoms with Crippen LogP contribution in [0.1, 0.15) is 24.0 Å². The number of aldehydes is 1. The highest BCUT2D eigenvalue weighted by Gasteiger charge is 2.28. The first-order valence-electron chi connectivity index (χ1n) is 6.21. The number of nitrogens with one attached hydrogen (secondary N) is 1. The highest BCUT2D eigenvalue weighted by molar-refractivity contribution is 9.09. The van der Waals surface area contributed by atoms with E-state index in [2.05, 4.69) is 47.2 Å². The fourth-order valence-electron chi connectivity index (χ4n) is 2.15. The van der Waals surface area contributed by atoms with Crippen molar-refractivity contribution in [1.29, 1.82) is 0 Å². The van der Waals surface area contributed by atoms with E-state index in [9.17, 15) is 4.79 Å². The van der Waals surface area contributed by atoms with Gasteiger partial charge in [-0.1, -0.05) is 15.9 Å². The Morgan fingerprint density at radius 1 is 1.39 bits per heavy atom. The van der Waals surface area contributed by atoms with E-state index < -0.39 is 0 Å². The van der Waals surface area contributed by atoms with Gasteiger partial charge in [0.15, 0.2) is 0 Å². The monoisotopic (exact) mass is 327 g/mol. The Balaban J connectivity index is 2.24. The highest BCUT2D eigenvalue weighted by atomic mass is 79.9. The molecule has 1 aliphatic heterocycles. The smallest absolute Gasteiger partial charge is 0.143 e. The molecule has 0 aromatic heterocycles. The van der Waals surface area contributed by atoms with Gasteiger partial charge in [0.1, 0.15) is 6.29 Å². The van der Waals surface area contributed by atoms with Crippen LogP contribution >= 0.6 is 27.7 Å². The largest absolute Gasteiger partial charge is 0.374 e. The lowest BCUT2D eigenvalue weighted by Gasteiger charge is -2.31. The van der Waals surface area contributed by atoms with E-state index in [1.54, 1.807) is 0 Å². The molecular weight excluding hydrogens is 310 g/mol. The summed E-state index contributed by atoms with van der Waals surface area (Å²) in [6.45, 7) is 4.24. The summed E-state index contributed by atoms with van der Waals surface area (Å²) in [5, 5.41) is 4.71. The highest BCUT2D eigenvalue weighted by Crippen LogP contribution is 2.40. The average molecular weight is 328 g/mol. The summed E-state index contributed by atoms with van der Waals surface area (Å²) in [6, 6.07) is 4.31. The molecule has 0 fully saturated rings. The zero-order chi connectivity index (χ0) is 13.1. The Bertz CT molecular complexity index is 450. The van der Waals surface area contributed by atoms with Crippen LogP contribution in [0.5, 0.6) is 0 Å². The third kappa shape index (κ3) is 2.91. The number of rotatable bonds is 4. The number of halogens is 1. The first-order valence-corrected chi connectivity index (χ1v) is 8.21. The molecule has 0 saturated carbocycles. The first-order chi connectivity index (χ1) is 8.65. The summed E-state index contributed by atoms with van der Waals surface area (Å²) in [5.41, 5.74) is 3.69. The number of carbonyl (C=O) groups is 1. The zero-order valence-corrected chi connectivity index (χ0v) is 13.1. The summed E-state index contributed by atoms with van der Waals surface area (Å²) in [7, 11) is 0. The minimum Gasteiger partial charge on any atom is -0.374 e. The van der Waals surface area contributed by atoms with Crippen LogP contribution in [0.3, 0.4) is 0 Å². The van der Waals surface area contributed by atoms with Gasteiger partial charge in [0.2, 0.25) is 0 Å². The molecule has 0 saturated heterocycles. The van der Waals surface area contributed by atoms with Gasteiger partial charge in [0, 0.05) is 21.2 Å². The van der Waals surface area contributed by atoms with E-state index in [1.165, 1.54) is 16.0 Å². The summed E-state index contributed by atoms with van der Waals surface area (Å²) < 4.78 is 0. The number of fused-ring (bicyclic) bond motifs is 1. The van der Waals surface area contributed by atoms with Crippen molar-refractivity contribution in [1.82, 2.24) is 0 Å². The third-order valence-corrected chi connectivity index (χ3v) is 5.35. The standard InChI is InChI=1S/C14H18BrNOS/c1-9-6-11-14(7-10(9)2)18-13(4-3-5-15)12(8-17)16-11/h6-8,12-13,16H,3-5H2,1-2H3. The maximum atomic E-state index is 11.2. The predicted molar refractivity (Wildman–Crippen MR) is 82.1 cm³/mol. The van der Waals surface area contributed by atoms with E-state index in [-0.39, 0.29) is 6.04 Å². The van der Waals surface area contributed by atoms with Crippen LogP contribution in [0.25, 0.3) is 0 Å². The van der Waals surface area contributed by atoms with E-state index in [0.717, 1.165) is 30.1 Å². The number of aryl methyl sites for hydroxylation is 2. The number of hydrogen-bond acceptors (Lipinski definition) is 3. The molecule has 2 nitrogen and oxygen atoms in total. The zero-order valence-electron chi connectivity index (χ0n) is 10.7. The summed E-state index contributed by atoms with van der Waals surface area (Å²) in [4.78, 5) is 12.5. The number of anilines is 1. The Labute approximate surface area is 121 Å². The molecule has 2 unspecified atom stereocenters. The number of carbonyl (C=O) groups excluding carboxylic acids is 1. The topological polar surface area (TPSA) is 29.1 Å². The van der Waals surface area contributed by atoms with Crippen LogP contribution in [0, 0.1) is 13.8 Å². The second kappa shape index (κ2) is 6.11. The number of benzene rings is 1. The fraction of sp³-hybridized carbons (Fsp3) is 0.500. The molecule has 2 atom stereocenters. The van der Waals surface area contributed by atoms with E-state index >= 15 is 0 Å². The van der Waals surface area contributed by atoms with Crippen molar-refractivity contribution >= 4 is 39.7 Å². The van der Waals surface area contributed by atoms with Crippen molar-refractivity contribution in [2.75, 3.05) is 10.6 Å². The molecule has 1 aromatic carbocycles. The first kappa shape index (κ1) is 13.9. The van der Waals surface area contributed by atoms with Crippen LogP contribution in [-0.4, -0.2) is 22.9 Å². The molecular formula is C14H18BrNOS. The summed E-state index contributed by atoms with van der Waals surface area (Å²) in [5.74, 6) is 0. The van der Waals surface area contributed by atoms with Gasteiger partial charge < -0.3 is 10.1 Å². The molecule has 1 aliphatic rings. The van der Waals surface area contributed by atoms with Gasteiger partial charge in [0.25, 0.3) is 0 Å². The second-order valence-electron chi connectivity index (χ2n) is 4.73. The predicted octanol–water partition coefficient (Wildman–Crippen LogP) is 3.93. The van der Waals surface area contributed by atoms with Gasteiger partial charge in [0.05, 0.1) is 6.04 Å². The third-order valence-electron chi connectivity index (χ3n) is 3.37. The molecule has 4 heteroatoms. The molecule has 98 valence electrons. The molecule has 18 heavy (non-hydrogen) atoms. The van der Waals surface area contributed by atoms with Crippen molar-refractivity contribution < 1.29 is 4.79 Å². The maximum Gasteiger partial charge on any atom is 0.143 e. The Kier molecular flexibility index (Phi) is 4.73. The molecule has 0 radical (unpaired) electrons. The van der Waals surface area contributed by atoms with E-state index in [1.807, 2.05) is 11.8 Å². The Morgan fingerprint density at radius 3 is 2.78 bits per heavy atom. The van der Waals surface area contributed by atoms with Crippen molar-refractivity contribution in [2.45, 2.75) is 42.9 Å². The normalized spacial score (nSPS) is 22.2. The van der Waals surface area contributed by atoms with Gasteiger partial charge in [-0.2, -0.15) is 0 Å². The van der Waals surface area contributed by atoms with Crippen molar-refractivity contribution in [3.8, 4) is 0 Å². The van der Waals surface area contributed by atoms with Crippen LogP contribution in [0.2, 0.25) is 0 Å². The minimum absolute atomic E-state index is 0.0661. The van der Waals surface area contributed by atoms with Gasteiger partial charge in [-0.3, -0.25) is 0 Å². The van der Waals surface area contributed by atoms with E-state index in [0.29, 0.717) is 5.25 Å². The van der Waals surface area contributed by atoms with Crippen LogP contribution < -0.4 is 5.32 Å². The molecule has 0 aliphatic carbocycles. The SMILES string of the molecule is Cc1cc2c(cc1C)SC(CCCBr)C(C=O)N2. The van der Waals surface area contributed by atoms with Crippen LogP contribution in [0.4, 0.5) is 5.69 Å². The maximum absolute atomic E-state index is 11.2. The Hall–Kier alpha value is -0.480. The molecule has 1 heterocycles. The minimum atomic E-state index is -0.0661. The summed E-state index contributed by atoms with van der Waals surface area (Å²) >= 11 is 5.29. The lowest BCUT2D eigenvalue weighted by atomic mass is 10.1. The van der Waals surface area contributed by atoms with Gasteiger partial charge in [-0.15, -0.1) is 11.8 Å². The van der Waals surface area contributed by atoms with Gasteiger partial charge in [-0.25, -0.2) is 0 Å². The molecule has 1 N–H and O–H groups in total. The van der Waals surface area contributed by atoms with E-state index in [4.69, 9.17) is 0 Å². The van der Waals surface area contributed by atoms with Crippen molar-refractivity contribution in [2.24, 2.45) is 0 Å². The quantitative estimate of drug-likeness (QED) is 0.671. The lowest BCUT2D eigenvalue weighted by Crippen LogP contribution is -2.36. The molecule has 1 aromatic rings. The number of alkyl halides is 1. The van der Waals surface area contributed by atoms with Crippen LogP contribution in [-0.2, 0) is 4.79 Å². The Morgan fingerprint density at radius 2 is 2.11 bits per heavy atom. The van der Waals surface area contributed by atoms with Crippen molar-refractivity contribution in [3.63, 3.8) is 0 Å². The average Bonchev–Trinajstić information content (AvgIpc) is 2.37. The summed E-state index contributed by atoms with van der Waals surface area (Å²) in [6.07, 6.45) is 3.20. The van der Waals surface area contributed by atoms with Crippen LogP contribution in [0.15, 0.2) is 17.0 Å². The molecule has 0 spiro atoms.